The van der Waals surface area contributed by atoms with Crippen molar-refractivity contribution < 1.29 is 14.1 Å². The van der Waals surface area contributed by atoms with Crippen molar-refractivity contribution in [3.63, 3.8) is 0 Å². The van der Waals surface area contributed by atoms with E-state index in [-0.39, 0.29) is 5.91 Å². The summed E-state index contributed by atoms with van der Waals surface area (Å²) in [5.74, 6) is 0.0665. The Morgan fingerprint density at radius 3 is 2.95 bits per heavy atom. The molecule has 1 aromatic rings. The van der Waals surface area contributed by atoms with Crippen LogP contribution in [0.2, 0.25) is 0 Å². The molecule has 0 spiro atoms. The summed E-state index contributed by atoms with van der Waals surface area (Å²) in [6.07, 6.45) is 9.88. The highest BCUT2D eigenvalue weighted by Crippen LogP contribution is 2.18. The standard InChI is InChI=1S/C15H22N2O2/c1-19-10-4-8-16-15(18)12-17-9-7-13-5-2-3-6-14(13)11-17/h7,9,11H,2-6,8,10,12H2,1H3/p+1. The molecular formula is C15H23N2O2+. The summed E-state index contributed by atoms with van der Waals surface area (Å²) in [5, 5.41) is 2.91. The highest BCUT2D eigenvalue weighted by atomic mass is 16.5. The Labute approximate surface area is 114 Å². The average molecular weight is 263 g/mol. The van der Waals surface area contributed by atoms with Gasteiger partial charge in [0.2, 0.25) is 6.54 Å². The van der Waals surface area contributed by atoms with E-state index in [2.05, 4.69) is 17.6 Å². The van der Waals surface area contributed by atoms with Crippen LogP contribution in [-0.2, 0) is 28.9 Å². The predicted octanol–water partition coefficient (Wildman–Crippen LogP) is 1.01. The number of hydrogen-bond acceptors (Lipinski definition) is 2. The quantitative estimate of drug-likeness (QED) is 0.615. The Kier molecular flexibility index (Phi) is 5.33. The number of pyridine rings is 1. The minimum absolute atomic E-state index is 0.0665. The number of aryl methyl sites for hydroxylation is 2. The minimum Gasteiger partial charge on any atom is -0.385 e. The van der Waals surface area contributed by atoms with Crippen molar-refractivity contribution in [3.8, 4) is 0 Å². The highest BCUT2D eigenvalue weighted by Gasteiger charge is 2.15. The average Bonchev–Trinajstić information content (AvgIpc) is 2.43. The van der Waals surface area contributed by atoms with Gasteiger partial charge in [-0.2, -0.15) is 4.57 Å². The number of nitrogens with zero attached hydrogens (tertiary/aromatic N) is 1. The molecule has 4 heteroatoms. The van der Waals surface area contributed by atoms with Crippen molar-refractivity contribution in [2.24, 2.45) is 0 Å². The molecule has 104 valence electrons. The van der Waals surface area contributed by atoms with E-state index in [0.29, 0.717) is 19.7 Å². The van der Waals surface area contributed by atoms with Crippen LogP contribution >= 0.6 is 0 Å². The second-order valence-corrected chi connectivity index (χ2v) is 5.07. The molecule has 0 radical (unpaired) electrons. The van der Waals surface area contributed by atoms with Gasteiger partial charge >= 0.3 is 0 Å². The van der Waals surface area contributed by atoms with Crippen LogP contribution in [0, 0.1) is 0 Å². The van der Waals surface area contributed by atoms with E-state index in [9.17, 15) is 4.79 Å². The summed E-state index contributed by atoms with van der Waals surface area (Å²) in [4.78, 5) is 11.8. The van der Waals surface area contributed by atoms with Crippen LogP contribution in [0.1, 0.15) is 30.4 Å². The monoisotopic (exact) mass is 263 g/mol. The SMILES string of the molecule is COCCCNC(=O)C[n+]1ccc2c(c1)CCCC2. The Morgan fingerprint density at radius 1 is 1.37 bits per heavy atom. The Morgan fingerprint density at radius 2 is 2.16 bits per heavy atom. The molecule has 2 rings (SSSR count). The van der Waals surface area contributed by atoms with Gasteiger partial charge in [0.1, 0.15) is 0 Å². The van der Waals surface area contributed by atoms with Crippen LogP contribution in [0.15, 0.2) is 18.5 Å². The molecule has 1 heterocycles. The first kappa shape index (κ1) is 14.0. The molecule has 0 aliphatic heterocycles. The van der Waals surface area contributed by atoms with E-state index in [1.807, 2.05) is 10.8 Å². The molecule has 4 nitrogen and oxygen atoms in total. The summed E-state index contributed by atoms with van der Waals surface area (Å²) in [5.41, 5.74) is 2.85. The lowest BCUT2D eigenvalue weighted by Crippen LogP contribution is -2.43. The molecule has 1 aliphatic rings. The number of hydrogen-bond donors (Lipinski definition) is 1. The van der Waals surface area contributed by atoms with Crippen LogP contribution in [0.3, 0.4) is 0 Å². The molecular weight excluding hydrogens is 240 g/mol. The number of aromatic nitrogens is 1. The fourth-order valence-electron chi connectivity index (χ4n) is 2.48. The van der Waals surface area contributed by atoms with Crippen molar-refractivity contribution in [2.75, 3.05) is 20.3 Å². The van der Waals surface area contributed by atoms with E-state index < -0.39 is 0 Å². The first-order valence-corrected chi connectivity index (χ1v) is 7.06. The van der Waals surface area contributed by atoms with Crippen LogP contribution in [0.5, 0.6) is 0 Å². The first-order valence-electron chi connectivity index (χ1n) is 7.06. The van der Waals surface area contributed by atoms with E-state index >= 15 is 0 Å². The molecule has 1 aromatic heterocycles. The predicted molar refractivity (Wildman–Crippen MR) is 72.8 cm³/mol. The van der Waals surface area contributed by atoms with Crippen LogP contribution in [0.4, 0.5) is 0 Å². The number of amides is 1. The summed E-state index contributed by atoms with van der Waals surface area (Å²) >= 11 is 0. The van der Waals surface area contributed by atoms with Gasteiger partial charge in [-0.1, -0.05) is 0 Å². The number of fused-ring (bicyclic) bond motifs is 1. The zero-order chi connectivity index (χ0) is 13.5. The number of nitrogens with one attached hydrogen (secondary N) is 1. The highest BCUT2D eigenvalue weighted by molar-refractivity contribution is 5.74. The van der Waals surface area contributed by atoms with Crippen molar-refractivity contribution >= 4 is 5.91 Å². The van der Waals surface area contributed by atoms with Gasteiger partial charge in [-0.15, -0.1) is 0 Å². The van der Waals surface area contributed by atoms with Crippen LogP contribution in [0.25, 0.3) is 0 Å². The van der Waals surface area contributed by atoms with Crippen LogP contribution in [-0.4, -0.2) is 26.2 Å². The smallest absolute Gasteiger partial charge is 0.285 e. The number of methoxy groups -OCH3 is 1. The van der Waals surface area contributed by atoms with Gasteiger partial charge in [0.25, 0.3) is 5.91 Å². The normalized spacial score (nSPS) is 13.9. The van der Waals surface area contributed by atoms with Gasteiger partial charge in [-0.25, -0.2) is 0 Å². The molecule has 1 N–H and O–H groups in total. The maximum atomic E-state index is 11.8. The maximum Gasteiger partial charge on any atom is 0.285 e. The molecule has 0 fully saturated rings. The number of ether oxygens (including phenoxy) is 1. The lowest BCUT2D eigenvalue weighted by Gasteiger charge is -2.13. The zero-order valence-corrected chi connectivity index (χ0v) is 11.7. The molecule has 0 aromatic carbocycles. The summed E-state index contributed by atoms with van der Waals surface area (Å²) < 4.78 is 6.93. The van der Waals surface area contributed by atoms with Gasteiger partial charge in [0, 0.05) is 31.9 Å². The van der Waals surface area contributed by atoms with E-state index in [1.165, 1.54) is 30.4 Å². The number of carbonyl (C=O) groups is 1. The lowest BCUT2D eigenvalue weighted by atomic mass is 9.93. The molecule has 0 saturated carbocycles. The molecule has 19 heavy (non-hydrogen) atoms. The Bertz CT molecular complexity index is 432. The number of rotatable bonds is 6. The third kappa shape index (κ3) is 4.31. The van der Waals surface area contributed by atoms with Crippen molar-refractivity contribution in [3.05, 3.63) is 29.6 Å². The van der Waals surface area contributed by atoms with Gasteiger partial charge in [0.15, 0.2) is 12.4 Å². The van der Waals surface area contributed by atoms with Crippen molar-refractivity contribution in [2.45, 2.75) is 38.6 Å². The largest absolute Gasteiger partial charge is 0.385 e. The van der Waals surface area contributed by atoms with Crippen molar-refractivity contribution in [1.29, 1.82) is 0 Å². The summed E-state index contributed by atoms with van der Waals surface area (Å²) in [6, 6.07) is 2.16. The van der Waals surface area contributed by atoms with E-state index in [1.54, 1.807) is 7.11 Å². The Balaban J connectivity index is 1.83. The van der Waals surface area contributed by atoms with E-state index in [0.717, 1.165) is 12.8 Å². The molecule has 1 amide bonds. The van der Waals surface area contributed by atoms with Gasteiger partial charge in [0.05, 0.1) is 0 Å². The zero-order valence-electron chi connectivity index (χ0n) is 11.7. The third-order valence-corrected chi connectivity index (χ3v) is 3.52. The fraction of sp³-hybridized carbons (Fsp3) is 0.600. The minimum atomic E-state index is 0.0665. The molecule has 0 bridgehead atoms. The first-order chi connectivity index (χ1) is 9.29. The van der Waals surface area contributed by atoms with Crippen LogP contribution < -0.4 is 9.88 Å². The molecule has 1 aliphatic carbocycles. The topological polar surface area (TPSA) is 42.2 Å². The summed E-state index contributed by atoms with van der Waals surface area (Å²) in [6.45, 7) is 1.77. The maximum absolute atomic E-state index is 11.8. The van der Waals surface area contributed by atoms with Gasteiger partial charge < -0.3 is 10.1 Å². The van der Waals surface area contributed by atoms with Crippen molar-refractivity contribution in [1.82, 2.24) is 5.32 Å². The van der Waals surface area contributed by atoms with E-state index in [4.69, 9.17) is 4.74 Å². The Hall–Kier alpha value is -1.42. The molecule has 0 unspecified atom stereocenters. The molecule has 0 saturated heterocycles. The second kappa shape index (κ2) is 7.24. The third-order valence-electron chi connectivity index (χ3n) is 3.52. The lowest BCUT2D eigenvalue weighted by molar-refractivity contribution is -0.685. The second-order valence-electron chi connectivity index (χ2n) is 5.07. The molecule has 0 atom stereocenters. The van der Waals surface area contributed by atoms with Gasteiger partial charge in [-0.3, -0.25) is 4.79 Å². The summed E-state index contributed by atoms with van der Waals surface area (Å²) in [7, 11) is 1.67. The fourth-order valence-corrected chi connectivity index (χ4v) is 2.48. The van der Waals surface area contributed by atoms with Gasteiger partial charge in [-0.05, 0) is 37.7 Å². The number of carbonyl (C=O) groups excluding carboxylic acids is 1.